The molecule has 0 aliphatic rings. The van der Waals surface area contributed by atoms with E-state index >= 15 is 0 Å². The maximum Gasteiger partial charge on any atom is 0.573 e. The summed E-state index contributed by atoms with van der Waals surface area (Å²) in [7, 11) is 0. The third-order valence-corrected chi connectivity index (χ3v) is 4.81. The first-order valence-corrected chi connectivity index (χ1v) is 10.2. The number of urea groups is 1. The van der Waals surface area contributed by atoms with Crippen LogP contribution in [0, 0.1) is 0 Å². The molecule has 3 rings (SSSR count). The molecule has 2 amide bonds. The SMILES string of the molecule is CC(C)N(Cc1cccc(-c2cc(C(=O)O)ccn2)c1)C(=O)Nc1ccc(OC(F)(F)F)cc1. The summed E-state index contributed by atoms with van der Waals surface area (Å²) in [4.78, 5) is 29.9. The summed E-state index contributed by atoms with van der Waals surface area (Å²) >= 11 is 0. The number of carbonyl (C=O) groups is 2. The van der Waals surface area contributed by atoms with E-state index in [0.717, 1.165) is 17.7 Å². The molecule has 1 heterocycles. The van der Waals surface area contributed by atoms with Gasteiger partial charge >= 0.3 is 18.4 Å². The Labute approximate surface area is 193 Å². The number of carboxylic acids is 1. The molecule has 178 valence electrons. The minimum Gasteiger partial charge on any atom is -0.478 e. The van der Waals surface area contributed by atoms with Gasteiger partial charge in [-0.2, -0.15) is 0 Å². The van der Waals surface area contributed by atoms with Crippen LogP contribution in [0.5, 0.6) is 5.75 Å². The number of nitrogens with zero attached hydrogens (tertiary/aromatic N) is 2. The van der Waals surface area contributed by atoms with E-state index in [1.54, 1.807) is 17.0 Å². The summed E-state index contributed by atoms with van der Waals surface area (Å²) in [6.07, 6.45) is -3.37. The number of carboxylic acid groups (broad SMARTS) is 1. The van der Waals surface area contributed by atoms with Crippen molar-refractivity contribution in [3.8, 4) is 17.0 Å². The average molecular weight is 473 g/mol. The lowest BCUT2D eigenvalue weighted by molar-refractivity contribution is -0.274. The maximum atomic E-state index is 12.9. The van der Waals surface area contributed by atoms with Crippen molar-refractivity contribution < 1.29 is 32.6 Å². The summed E-state index contributed by atoms with van der Waals surface area (Å²) < 4.78 is 40.8. The number of benzene rings is 2. The first-order valence-electron chi connectivity index (χ1n) is 10.2. The van der Waals surface area contributed by atoms with Crippen LogP contribution < -0.4 is 10.1 Å². The lowest BCUT2D eigenvalue weighted by Crippen LogP contribution is -2.39. The molecule has 0 saturated heterocycles. The number of halogens is 3. The van der Waals surface area contributed by atoms with Gasteiger partial charge in [0, 0.05) is 30.0 Å². The molecule has 0 unspecified atom stereocenters. The van der Waals surface area contributed by atoms with Gasteiger partial charge in [0.2, 0.25) is 0 Å². The highest BCUT2D eigenvalue weighted by Crippen LogP contribution is 2.25. The summed E-state index contributed by atoms with van der Waals surface area (Å²) in [5, 5.41) is 11.9. The minimum atomic E-state index is -4.79. The quantitative estimate of drug-likeness (QED) is 0.453. The topological polar surface area (TPSA) is 91.8 Å². The number of carbonyl (C=O) groups excluding carboxylic acids is 1. The van der Waals surface area contributed by atoms with Gasteiger partial charge in [-0.25, -0.2) is 9.59 Å². The zero-order valence-electron chi connectivity index (χ0n) is 18.3. The zero-order valence-corrected chi connectivity index (χ0v) is 18.3. The second-order valence-electron chi connectivity index (χ2n) is 7.66. The van der Waals surface area contributed by atoms with E-state index in [9.17, 15) is 27.9 Å². The highest BCUT2D eigenvalue weighted by atomic mass is 19.4. The van der Waals surface area contributed by atoms with Crippen molar-refractivity contribution in [1.29, 1.82) is 0 Å². The van der Waals surface area contributed by atoms with Gasteiger partial charge in [0.15, 0.2) is 0 Å². The number of alkyl halides is 3. The number of ether oxygens (including phenoxy) is 1. The molecular weight excluding hydrogens is 451 g/mol. The lowest BCUT2D eigenvalue weighted by atomic mass is 10.1. The Bertz CT molecular complexity index is 1160. The Morgan fingerprint density at radius 1 is 1.09 bits per heavy atom. The lowest BCUT2D eigenvalue weighted by Gasteiger charge is -2.27. The highest BCUT2D eigenvalue weighted by Gasteiger charge is 2.31. The number of nitrogens with one attached hydrogen (secondary N) is 1. The van der Waals surface area contributed by atoms with Gasteiger partial charge in [-0.1, -0.05) is 18.2 Å². The first-order chi connectivity index (χ1) is 16.0. The number of aromatic nitrogens is 1. The van der Waals surface area contributed by atoms with Crippen molar-refractivity contribution in [3.05, 3.63) is 78.0 Å². The van der Waals surface area contributed by atoms with Crippen LogP contribution in [-0.4, -0.2) is 39.4 Å². The van der Waals surface area contributed by atoms with Crippen LogP contribution in [0.1, 0.15) is 29.8 Å². The predicted octanol–water partition coefficient (Wildman–Crippen LogP) is 5.79. The molecule has 34 heavy (non-hydrogen) atoms. The normalized spacial score (nSPS) is 11.2. The number of hydrogen-bond acceptors (Lipinski definition) is 4. The number of rotatable bonds is 7. The Morgan fingerprint density at radius 2 is 1.79 bits per heavy atom. The Morgan fingerprint density at radius 3 is 2.41 bits per heavy atom. The summed E-state index contributed by atoms with van der Waals surface area (Å²) in [5.41, 5.74) is 2.41. The fraction of sp³-hybridized carbons (Fsp3) is 0.208. The minimum absolute atomic E-state index is 0.116. The van der Waals surface area contributed by atoms with E-state index < -0.39 is 18.4 Å². The number of amides is 2. The average Bonchev–Trinajstić information content (AvgIpc) is 2.78. The van der Waals surface area contributed by atoms with Crippen molar-refractivity contribution in [2.45, 2.75) is 32.8 Å². The molecular formula is C24H22F3N3O4. The summed E-state index contributed by atoms with van der Waals surface area (Å²) in [6, 6.07) is 14.4. The zero-order chi connectivity index (χ0) is 24.9. The Hall–Kier alpha value is -4.08. The number of aromatic carboxylic acids is 1. The fourth-order valence-corrected chi connectivity index (χ4v) is 3.17. The number of hydrogen-bond donors (Lipinski definition) is 2. The molecule has 0 spiro atoms. The monoisotopic (exact) mass is 473 g/mol. The smallest absolute Gasteiger partial charge is 0.478 e. The van der Waals surface area contributed by atoms with E-state index in [2.05, 4.69) is 15.0 Å². The maximum absolute atomic E-state index is 12.9. The molecule has 10 heteroatoms. The van der Waals surface area contributed by atoms with Crippen molar-refractivity contribution in [3.63, 3.8) is 0 Å². The van der Waals surface area contributed by atoms with Crippen molar-refractivity contribution in [2.75, 3.05) is 5.32 Å². The molecule has 0 saturated carbocycles. The van der Waals surface area contributed by atoms with Crippen molar-refractivity contribution in [2.24, 2.45) is 0 Å². The predicted molar refractivity (Wildman–Crippen MR) is 119 cm³/mol. The van der Waals surface area contributed by atoms with Crippen molar-refractivity contribution in [1.82, 2.24) is 9.88 Å². The van der Waals surface area contributed by atoms with Gasteiger partial charge in [-0.15, -0.1) is 13.2 Å². The summed E-state index contributed by atoms with van der Waals surface area (Å²) in [6.45, 7) is 3.91. The largest absolute Gasteiger partial charge is 0.573 e. The highest BCUT2D eigenvalue weighted by molar-refractivity contribution is 5.90. The molecule has 0 aliphatic carbocycles. The van der Waals surface area contributed by atoms with E-state index in [1.165, 1.54) is 30.5 Å². The van der Waals surface area contributed by atoms with E-state index in [-0.39, 0.29) is 23.9 Å². The standard InChI is InChI=1S/C24H22F3N3O4/c1-15(2)30(23(33)29-19-6-8-20(9-7-19)34-24(25,26)27)14-16-4-3-5-17(12-16)21-13-18(22(31)32)10-11-28-21/h3-13,15H,14H2,1-2H3,(H,29,33)(H,31,32). The summed E-state index contributed by atoms with van der Waals surface area (Å²) in [5.74, 6) is -1.44. The molecule has 0 radical (unpaired) electrons. The molecule has 7 nitrogen and oxygen atoms in total. The van der Waals surface area contributed by atoms with Gasteiger partial charge in [-0.05, 0) is 61.9 Å². The third kappa shape index (κ3) is 6.71. The van der Waals surface area contributed by atoms with E-state index in [1.807, 2.05) is 26.0 Å². The van der Waals surface area contributed by atoms with E-state index in [4.69, 9.17) is 0 Å². The Kier molecular flexibility index (Phi) is 7.40. The second kappa shape index (κ2) is 10.2. The molecule has 2 aromatic carbocycles. The van der Waals surface area contributed by atoms with Crippen molar-refractivity contribution >= 4 is 17.7 Å². The molecule has 0 bridgehead atoms. The van der Waals surface area contributed by atoms with Gasteiger partial charge in [0.25, 0.3) is 0 Å². The Balaban J connectivity index is 1.74. The first kappa shape index (κ1) is 24.6. The van der Waals surface area contributed by atoms with Crippen LogP contribution in [0.3, 0.4) is 0 Å². The van der Waals surface area contributed by atoms with Crippen LogP contribution in [-0.2, 0) is 6.54 Å². The number of pyridine rings is 1. The molecule has 0 aliphatic heterocycles. The van der Waals surface area contributed by atoms with Crippen LogP contribution in [0.25, 0.3) is 11.3 Å². The number of anilines is 1. The fourth-order valence-electron chi connectivity index (χ4n) is 3.17. The van der Waals surface area contributed by atoms with Crippen LogP contribution in [0.15, 0.2) is 66.9 Å². The third-order valence-electron chi connectivity index (χ3n) is 4.81. The molecule has 3 aromatic rings. The van der Waals surface area contributed by atoms with Gasteiger partial charge in [0.1, 0.15) is 5.75 Å². The second-order valence-corrected chi connectivity index (χ2v) is 7.66. The van der Waals surface area contributed by atoms with Gasteiger partial charge in [-0.3, -0.25) is 4.98 Å². The van der Waals surface area contributed by atoms with E-state index in [0.29, 0.717) is 16.9 Å². The molecule has 1 aromatic heterocycles. The molecule has 0 fully saturated rings. The van der Waals surface area contributed by atoms with Crippen LogP contribution in [0.2, 0.25) is 0 Å². The van der Waals surface area contributed by atoms with Gasteiger partial charge in [0.05, 0.1) is 11.3 Å². The van der Waals surface area contributed by atoms with Crippen LogP contribution >= 0.6 is 0 Å². The molecule has 2 N–H and O–H groups in total. The van der Waals surface area contributed by atoms with Gasteiger partial charge < -0.3 is 20.1 Å². The van der Waals surface area contributed by atoms with Crippen LogP contribution in [0.4, 0.5) is 23.7 Å². The molecule has 0 atom stereocenters.